The number of aliphatic hydroxyl groups is 1. The van der Waals surface area contributed by atoms with E-state index in [0.717, 1.165) is 102 Å². The fourth-order valence-electron chi connectivity index (χ4n) is 12.7. The van der Waals surface area contributed by atoms with Crippen LogP contribution in [0.3, 0.4) is 0 Å². The molecule has 101 heavy (non-hydrogen) atoms. The zero-order chi connectivity index (χ0) is 74.1. The van der Waals surface area contributed by atoms with E-state index < -0.39 is 97.5 Å². The minimum Gasteiger partial charge on any atom is -0.462 e. The summed E-state index contributed by atoms with van der Waals surface area (Å²) in [7, 11) is -9.92. The molecule has 0 rings (SSSR count). The predicted octanol–water partition coefficient (Wildman–Crippen LogP) is 24.8. The second-order valence-corrected chi connectivity index (χ2v) is 32.7. The number of hydrogen-bond donors (Lipinski definition) is 3. The maximum Gasteiger partial charge on any atom is 0.472 e. The minimum atomic E-state index is -4.96. The Hall–Kier alpha value is -1.94. The molecule has 0 radical (unpaired) electrons. The smallest absolute Gasteiger partial charge is 0.462 e. The van der Waals surface area contributed by atoms with Gasteiger partial charge >= 0.3 is 39.5 Å². The van der Waals surface area contributed by atoms with Gasteiger partial charge in [0.2, 0.25) is 0 Å². The summed E-state index contributed by atoms with van der Waals surface area (Å²) in [5, 5.41) is 10.6. The third kappa shape index (κ3) is 74.7. The van der Waals surface area contributed by atoms with E-state index in [9.17, 15) is 43.2 Å². The first-order valence-electron chi connectivity index (χ1n) is 42.7. The fourth-order valence-corrected chi connectivity index (χ4v) is 14.3. The van der Waals surface area contributed by atoms with Gasteiger partial charge in [0.1, 0.15) is 19.3 Å². The molecule has 3 N–H and O–H groups in total. The van der Waals surface area contributed by atoms with Crippen molar-refractivity contribution in [2.24, 2.45) is 5.92 Å². The summed E-state index contributed by atoms with van der Waals surface area (Å²) in [6, 6.07) is 0. The zero-order valence-corrected chi connectivity index (χ0v) is 67.8. The van der Waals surface area contributed by atoms with Crippen molar-refractivity contribution < 1.29 is 80.2 Å². The highest BCUT2D eigenvalue weighted by atomic mass is 31.2. The van der Waals surface area contributed by atoms with Crippen molar-refractivity contribution >= 4 is 39.5 Å². The van der Waals surface area contributed by atoms with Crippen LogP contribution in [0.5, 0.6) is 0 Å². The number of phosphoric acid groups is 2. The molecule has 600 valence electrons. The normalized spacial score (nSPS) is 14.1. The summed E-state index contributed by atoms with van der Waals surface area (Å²) in [6.07, 6.45) is 66.7. The Kier molecular flexibility index (Phi) is 73.5. The number of esters is 4. The average molecular weight is 1480 g/mol. The quantitative estimate of drug-likeness (QED) is 0.0222. The minimum absolute atomic E-state index is 0.107. The third-order valence-electron chi connectivity index (χ3n) is 19.6. The van der Waals surface area contributed by atoms with Crippen LogP contribution in [0.1, 0.15) is 439 Å². The summed E-state index contributed by atoms with van der Waals surface area (Å²) in [5.74, 6) is -1.31. The second kappa shape index (κ2) is 74.9. The van der Waals surface area contributed by atoms with Crippen LogP contribution in [0, 0.1) is 5.92 Å². The molecule has 0 bridgehead atoms. The van der Waals surface area contributed by atoms with Crippen LogP contribution in [-0.2, 0) is 65.4 Å². The number of carbonyl (C=O) groups excluding carboxylic acids is 4. The van der Waals surface area contributed by atoms with Crippen molar-refractivity contribution in [2.45, 2.75) is 457 Å². The van der Waals surface area contributed by atoms with Gasteiger partial charge in [0.15, 0.2) is 12.2 Å². The number of phosphoric ester groups is 2. The number of aliphatic hydroxyl groups excluding tert-OH is 1. The highest BCUT2D eigenvalue weighted by Gasteiger charge is 2.30. The van der Waals surface area contributed by atoms with Gasteiger partial charge in [0.25, 0.3) is 0 Å². The lowest BCUT2D eigenvalue weighted by molar-refractivity contribution is -0.161. The third-order valence-corrected chi connectivity index (χ3v) is 21.5. The average Bonchev–Trinajstić information content (AvgIpc) is 0.984. The Morgan fingerprint density at radius 2 is 0.475 bits per heavy atom. The molecule has 6 atom stereocenters. The van der Waals surface area contributed by atoms with E-state index in [1.807, 2.05) is 0 Å². The first-order valence-corrected chi connectivity index (χ1v) is 45.7. The Balaban J connectivity index is 5.19. The highest BCUT2D eigenvalue weighted by molar-refractivity contribution is 7.47. The van der Waals surface area contributed by atoms with Crippen molar-refractivity contribution in [3.8, 4) is 0 Å². The van der Waals surface area contributed by atoms with Gasteiger partial charge in [0, 0.05) is 25.7 Å². The largest absolute Gasteiger partial charge is 0.472 e. The summed E-state index contributed by atoms with van der Waals surface area (Å²) < 4.78 is 68.7. The van der Waals surface area contributed by atoms with Crippen molar-refractivity contribution in [1.82, 2.24) is 0 Å². The van der Waals surface area contributed by atoms with Gasteiger partial charge in [-0.2, -0.15) is 0 Å². The van der Waals surface area contributed by atoms with E-state index in [0.29, 0.717) is 25.7 Å². The first-order chi connectivity index (χ1) is 49.1. The SMILES string of the molecule is CCCCCCCCCCCCCCCCCCCCCCCC(=O)O[C@H](COC(=O)CCCCCCCCCCCCCCCCCCCC)COP(=O)(O)OC[C@@H](O)COP(=O)(O)OC[C@@H](COC(=O)CCCCCCCCCC)OC(=O)CCCCCCCCCCCCC(C)CC. The monoisotopic (exact) mass is 1480 g/mol. The Morgan fingerprint density at radius 1 is 0.277 bits per heavy atom. The van der Waals surface area contributed by atoms with Crippen LogP contribution in [0.15, 0.2) is 0 Å². The second-order valence-electron chi connectivity index (χ2n) is 29.8. The van der Waals surface area contributed by atoms with Gasteiger partial charge in [0.05, 0.1) is 26.4 Å². The number of ether oxygens (including phenoxy) is 4. The molecule has 0 spiro atoms. The predicted molar refractivity (Wildman–Crippen MR) is 414 cm³/mol. The lowest BCUT2D eigenvalue weighted by atomic mass is 9.99. The Morgan fingerprint density at radius 3 is 0.703 bits per heavy atom. The molecule has 0 aromatic heterocycles. The van der Waals surface area contributed by atoms with Crippen LogP contribution in [0.4, 0.5) is 0 Å². The fraction of sp³-hybridized carbons (Fsp3) is 0.951. The van der Waals surface area contributed by atoms with Gasteiger partial charge in [-0.3, -0.25) is 37.3 Å². The van der Waals surface area contributed by atoms with Crippen LogP contribution in [-0.4, -0.2) is 96.7 Å². The lowest BCUT2D eigenvalue weighted by Crippen LogP contribution is -2.30. The maximum absolute atomic E-state index is 13.1. The Labute approximate surface area is 619 Å². The zero-order valence-electron chi connectivity index (χ0n) is 66.1. The number of unbranched alkanes of at least 4 members (excludes halogenated alkanes) is 53. The number of hydrogen-bond acceptors (Lipinski definition) is 15. The van der Waals surface area contributed by atoms with Crippen LogP contribution in [0.25, 0.3) is 0 Å². The van der Waals surface area contributed by atoms with Crippen LogP contribution >= 0.6 is 15.6 Å². The molecule has 0 saturated carbocycles. The molecule has 19 heteroatoms. The Bertz CT molecular complexity index is 1930. The summed E-state index contributed by atoms with van der Waals surface area (Å²) >= 11 is 0. The van der Waals surface area contributed by atoms with E-state index >= 15 is 0 Å². The van der Waals surface area contributed by atoms with E-state index in [-0.39, 0.29) is 25.7 Å². The van der Waals surface area contributed by atoms with Gasteiger partial charge in [-0.25, -0.2) is 9.13 Å². The van der Waals surface area contributed by atoms with Crippen molar-refractivity contribution in [3.05, 3.63) is 0 Å². The highest BCUT2D eigenvalue weighted by Crippen LogP contribution is 2.45. The topological polar surface area (TPSA) is 237 Å². The van der Waals surface area contributed by atoms with Crippen molar-refractivity contribution in [2.75, 3.05) is 39.6 Å². The molecule has 3 unspecified atom stereocenters. The summed E-state index contributed by atoms with van der Waals surface area (Å²) in [4.78, 5) is 73.0. The van der Waals surface area contributed by atoms with Gasteiger partial charge < -0.3 is 33.8 Å². The standard InChI is InChI=1S/C82H160O17P2/c1-6-10-13-16-19-22-24-26-28-30-32-33-34-36-38-40-42-47-52-57-62-67-81(86)99-78(72-93-80(85)66-61-56-51-46-41-39-37-35-31-29-27-25-23-20-17-14-11-7-2)74-97-101(90,91)95-70-76(83)69-94-100(88,89)96-73-77(71-92-79(84)65-60-55-50-21-18-15-12-8-3)98-82(87)68-63-58-53-48-44-43-45-49-54-59-64-75(5)9-4/h75-78,83H,6-74H2,1-5H3,(H,88,89)(H,90,91)/t75?,76-,77+,78+/m0/s1. The maximum atomic E-state index is 13.1. The first kappa shape index (κ1) is 99.1. The molecular weight excluding hydrogens is 1320 g/mol. The van der Waals surface area contributed by atoms with Crippen LogP contribution < -0.4 is 0 Å². The van der Waals surface area contributed by atoms with Crippen molar-refractivity contribution in [1.29, 1.82) is 0 Å². The van der Waals surface area contributed by atoms with E-state index in [1.54, 1.807) is 0 Å². The van der Waals surface area contributed by atoms with Gasteiger partial charge in [-0.1, -0.05) is 388 Å². The van der Waals surface area contributed by atoms with E-state index in [2.05, 4.69) is 34.6 Å². The molecule has 0 aliphatic carbocycles. The number of rotatable bonds is 82. The summed E-state index contributed by atoms with van der Waals surface area (Å²) in [5.41, 5.74) is 0. The van der Waals surface area contributed by atoms with Crippen LogP contribution in [0.2, 0.25) is 0 Å². The summed E-state index contributed by atoms with van der Waals surface area (Å²) in [6.45, 7) is 7.33. The molecule has 0 aromatic rings. The van der Waals surface area contributed by atoms with Gasteiger partial charge in [-0.15, -0.1) is 0 Å². The molecule has 0 saturated heterocycles. The molecular formula is C82H160O17P2. The molecule has 17 nitrogen and oxygen atoms in total. The van der Waals surface area contributed by atoms with Gasteiger partial charge in [-0.05, 0) is 31.6 Å². The molecule has 0 fully saturated rings. The molecule has 0 heterocycles. The molecule has 0 aliphatic heterocycles. The molecule has 0 aliphatic rings. The molecule has 0 amide bonds. The lowest BCUT2D eigenvalue weighted by Gasteiger charge is -2.21. The van der Waals surface area contributed by atoms with E-state index in [1.165, 1.54) is 257 Å². The number of carbonyl (C=O) groups is 4. The van der Waals surface area contributed by atoms with E-state index in [4.69, 9.17) is 37.0 Å². The van der Waals surface area contributed by atoms with Crippen molar-refractivity contribution in [3.63, 3.8) is 0 Å². The molecule has 0 aromatic carbocycles.